The van der Waals surface area contributed by atoms with E-state index in [-0.39, 0.29) is 24.2 Å². The molecule has 0 spiro atoms. The third-order valence-electron chi connectivity index (χ3n) is 4.65. The molecule has 6 nitrogen and oxygen atoms in total. The Hall–Kier alpha value is -4.52. The van der Waals surface area contributed by atoms with E-state index in [9.17, 15) is 14.0 Å². The molecular formula is C28H26FN3O3. The molecule has 1 heterocycles. The lowest BCUT2D eigenvalue weighted by Gasteiger charge is -2.09. The minimum Gasteiger partial charge on any atom is -0.457 e. The number of hydrogen-bond acceptors (Lipinski definition) is 4. The number of carbonyl (C=O) groups excluding carboxylic acids is 2. The molecule has 2 amide bonds. The maximum atomic E-state index is 12.9. The minimum atomic E-state index is -0.358. The van der Waals surface area contributed by atoms with E-state index >= 15 is 0 Å². The van der Waals surface area contributed by atoms with Gasteiger partial charge in [0.05, 0.1) is 12.2 Å². The molecule has 0 saturated heterocycles. The summed E-state index contributed by atoms with van der Waals surface area (Å²) in [6.45, 7) is 3.31. The summed E-state index contributed by atoms with van der Waals surface area (Å²) in [5.74, 6) is 0.575. The summed E-state index contributed by atoms with van der Waals surface area (Å²) in [5.41, 5.74) is 2.83. The number of aryl methyl sites for hydroxylation is 1. The van der Waals surface area contributed by atoms with Crippen molar-refractivity contribution in [1.82, 2.24) is 10.3 Å². The first kappa shape index (κ1) is 25.1. The predicted molar refractivity (Wildman–Crippen MR) is 135 cm³/mol. The molecule has 0 atom stereocenters. The van der Waals surface area contributed by atoms with Crippen molar-refractivity contribution in [3.63, 3.8) is 0 Å². The van der Waals surface area contributed by atoms with Crippen molar-refractivity contribution in [2.45, 2.75) is 13.8 Å². The van der Waals surface area contributed by atoms with Crippen LogP contribution in [0.15, 0.2) is 97.1 Å². The first-order chi connectivity index (χ1) is 16.9. The lowest BCUT2D eigenvalue weighted by Crippen LogP contribution is -2.31. The Bertz CT molecular complexity index is 1240. The van der Waals surface area contributed by atoms with Crippen molar-refractivity contribution in [3.05, 3.63) is 108 Å². The number of nitrogens with one attached hydrogen (secondary N) is 2. The lowest BCUT2D eigenvalue weighted by molar-refractivity contribution is -0.122. The number of ether oxygens (including phenoxy) is 1. The van der Waals surface area contributed by atoms with Gasteiger partial charge in [-0.1, -0.05) is 42.0 Å². The smallest absolute Gasteiger partial charge is 0.244 e. The Morgan fingerprint density at radius 2 is 1.46 bits per heavy atom. The Morgan fingerprint density at radius 3 is 2.03 bits per heavy atom. The Kier molecular flexibility index (Phi) is 9.07. The summed E-state index contributed by atoms with van der Waals surface area (Å²) in [6, 6.07) is 28.5. The third-order valence-corrected chi connectivity index (χ3v) is 4.65. The number of aromatic nitrogens is 1. The van der Waals surface area contributed by atoms with E-state index in [0.717, 1.165) is 5.56 Å². The van der Waals surface area contributed by atoms with Crippen molar-refractivity contribution >= 4 is 17.6 Å². The number of carbonyl (C=O) groups is 2. The monoisotopic (exact) mass is 471 g/mol. The molecule has 0 aliphatic rings. The van der Waals surface area contributed by atoms with Gasteiger partial charge in [-0.25, -0.2) is 9.37 Å². The Labute approximate surface area is 203 Å². The van der Waals surface area contributed by atoms with Crippen LogP contribution in [0.1, 0.15) is 12.5 Å². The molecule has 4 aromatic rings. The second-order valence-corrected chi connectivity index (χ2v) is 7.60. The fraction of sp³-hybridized carbons (Fsp3) is 0.107. The molecule has 1 aromatic heterocycles. The van der Waals surface area contributed by atoms with Gasteiger partial charge in [-0.05, 0) is 67.6 Å². The molecular weight excluding hydrogens is 445 g/mol. The molecule has 0 aliphatic heterocycles. The van der Waals surface area contributed by atoms with E-state index in [1.165, 1.54) is 24.6 Å². The van der Waals surface area contributed by atoms with Crippen LogP contribution in [0, 0.1) is 12.7 Å². The zero-order valence-electron chi connectivity index (χ0n) is 19.5. The van der Waals surface area contributed by atoms with Crippen molar-refractivity contribution in [1.29, 1.82) is 0 Å². The van der Waals surface area contributed by atoms with Gasteiger partial charge in [0.15, 0.2) is 0 Å². The van der Waals surface area contributed by atoms with Crippen LogP contribution in [-0.4, -0.2) is 23.3 Å². The Balaban J connectivity index is 0.000000420. The van der Waals surface area contributed by atoms with Crippen LogP contribution in [-0.2, 0) is 9.59 Å². The van der Waals surface area contributed by atoms with Gasteiger partial charge in [0.25, 0.3) is 0 Å². The van der Waals surface area contributed by atoms with Gasteiger partial charge in [0.1, 0.15) is 23.1 Å². The average molecular weight is 472 g/mol. The highest BCUT2D eigenvalue weighted by molar-refractivity contribution is 5.93. The van der Waals surface area contributed by atoms with E-state index in [2.05, 4.69) is 34.7 Å². The zero-order valence-corrected chi connectivity index (χ0v) is 19.5. The van der Waals surface area contributed by atoms with Crippen molar-refractivity contribution in [2.75, 3.05) is 11.9 Å². The number of pyridine rings is 1. The first-order valence-corrected chi connectivity index (χ1v) is 11.0. The standard InChI is InChI=1S/C21H18FN3O3.C7H8/c1-14(26)23-13-21(27)25-20-4-2-3-19(24-20)15-5-9-17(10-6-15)28-18-11-7-16(22)8-12-18;1-7-5-3-2-4-6-7/h2-12H,13H2,1H3,(H,23,26)(H,24,25,27);2-6H,1H3. The maximum absolute atomic E-state index is 12.9. The number of hydrogen-bond donors (Lipinski definition) is 2. The van der Waals surface area contributed by atoms with E-state index in [4.69, 9.17) is 4.74 Å². The molecule has 35 heavy (non-hydrogen) atoms. The molecule has 0 saturated carbocycles. The maximum Gasteiger partial charge on any atom is 0.244 e. The fourth-order valence-corrected chi connectivity index (χ4v) is 2.92. The molecule has 0 unspecified atom stereocenters. The SMILES string of the molecule is CC(=O)NCC(=O)Nc1cccc(-c2ccc(Oc3ccc(F)cc3)cc2)n1.Cc1ccccc1. The van der Waals surface area contributed by atoms with Gasteiger partial charge in [-0.3, -0.25) is 9.59 Å². The number of benzene rings is 3. The van der Waals surface area contributed by atoms with E-state index < -0.39 is 0 Å². The van der Waals surface area contributed by atoms with Gasteiger partial charge in [-0.2, -0.15) is 0 Å². The van der Waals surface area contributed by atoms with Gasteiger partial charge in [0.2, 0.25) is 11.8 Å². The summed E-state index contributed by atoms with van der Waals surface area (Å²) < 4.78 is 18.6. The van der Waals surface area contributed by atoms with E-state index in [1.807, 2.05) is 36.4 Å². The summed E-state index contributed by atoms with van der Waals surface area (Å²) in [4.78, 5) is 27.1. The van der Waals surface area contributed by atoms with Crippen molar-refractivity contribution in [2.24, 2.45) is 0 Å². The minimum absolute atomic E-state index is 0.114. The topological polar surface area (TPSA) is 80.3 Å². The first-order valence-electron chi connectivity index (χ1n) is 11.0. The van der Waals surface area contributed by atoms with Crippen LogP contribution in [0.4, 0.5) is 10.2 Å². The van der Waals surface area contributed by atoms with Crippen LogP contribution in [0.25, 0.3) is 11.3 Å². The number of halogens is 1. The summed E-state index contributed by atoms with van der Waals surface area (Å²) >= 11 is 0. The second kappa shape index (κ2) is 12.6. The third kappa shape index (κ3) is 8.74. The fourth-order valence-electron chi connectivity index (χ4n) is 2.92. The molecule has 2 N–H and O–H groups in total. The summed E-state index contributed by atoms with van der Waals surface area (Å²) in [6.07, 6.45) is 0. The van der Waals surface area contributed by atoms with Crippen LogP contribution in [0.2, 0.25) is 0 Å². The number of amides is 2. The molecule has 0 aliphatic carbocycles. The highest BCUT2D eigenvalue weighted by Crippen LogP contribution is 2.25. The van der Waals surface area contributed by atoms with Gasteiger partial charge in [0, 0.05) is 12.5 Å². The van der Waals surface area contributed by atoms with Crippen LogP contribution >= 0.6 is 0 Å². The van der Waals surface area contributed by atoms with Gasteiger partial charge in [-0.15, -0.1) is 0 Å². The molecule has 4 rings (SSSR count). The van der Waals surface area contributed by atoms with Gasteiger partial charge >= 0.3 is 0 Å². The summed E-state index contributed by atoms with van der Waals surface area (Å²) in [7, 11) is 0. The van der Waals surface area contributed by atoms with E-state index in [0.29, 0.717) is 23.0 Å². The van der Waals surface area contributed by atoms with Crippen LogP contribution in [0.3, 0.4) is 0 Å². The zero-order chi connectivity index (χ0) is 25.0. The number of anilines is 1. The van der Waals surface area contributed by atoms with Crippen molar-refractivity contribution < 1.29 is 18.7 Å². The average Bonchev–Trinajstić information content (AvgIpc) is 2.86. The molecule has 3 aromatic carbocycles. The van der Waals surface area contributed by atoms with E-state index in [1.54, 1.807) is 36.4 Å². The molecule has 7 heteroatoms. The molecule has 178 valence electrons. The normalized spacial score (nSPS) is 9.91. The van der Waals surface area contributed by atoms with Crippen LogP contribution in [0.5, 0.6) is 11.5 Å². The van der Waals surface area contributed by atoms with Gasteiger partial charge < -0.3 is 15.4 Å². The number of rotatable bonds is 6. The largest absolute Gasteiger partial charge is 0.457 e. The van der Waals surface area contributed by atoms with Crippen LogP contribution < -0.4 is 15.4 Å². The predicted octanol–water partition coefficient (Wildman–Crippen LogP) is 5.75. The highest BCUT2D eigenvalue weighted by atomic mass is 19.1. The van der Waals surface area contributed by atoms with Crippen molar-refractivity contribution in [3.8, 4) is 22.8 Å². The number of nitrogens with zero attached hydrogens (tertiary/aromatic N) is 1. The molecule has 0 bridgehead atoms. The quantitative estimate of drug-likeness (QED) is 0.375. The molecule has 0 radical (unpaired) electrons. The second-order valence-electron chi connectivity index (χ2n) is 7.60. The Morgan fingerprint density at radius 1 is 0.829 bits per heavy atom. The lowest BCUT2D eigenvalue weighted by atomic mass is 10.1. The summed E-state index contributed by atoms with van der Waals surface area (Å²) in [5, 5.41) is 5.06. The molecule has 0 fully saturated rings. The highest BCUT2D eigenvalue weighted by Gasteiger charge is 2.06.